The lowest BCUT2D eigenvalue weighted by Gasteiger charge is -2.24. The summed E-state index contributed by atoms with van der Waals surface area (Å²) in [4.78, 5) is 26.5. The third-order valence-corrected chi connectivity index (χ3v) is 3.73. The number of benzene rings is 1. The van der Waals surface area contributed by atoms with Gasteiger partial charge in [-0.05, 0) is 19.1 Å². The molecule has 0 bridgehead atoms. The smallest absolute Gasteiger partial charge is 0.471 e. The lowest BCUT2D eigenvalue weighted by atomic mass is 10.3. The second-order valence-corrected chi connectivity index (χ2v) is 5.16. The number of carboxylic acid groups (broad SMARTS) is 1. The maximum atomic E-state index is 12.7. The van der Waals surface area contributed by atoms with Crippen LogP contribution in [0.15, 0.2) is 24.3 Å². The van der Waals surface area contributed by atoms with E-state index in [2.05, 4.69) is 4.98 Å². The van der Waals surface area contributed by atoms with Gasteiger partial charge < -0.3 is 5.11 Å². The third-order valence-electron chi connectivity index (χ3n) is 2.69. The van der Waals surface area contributed by atoms with Gasteiger partial charge in [-0.15, -0.1) is 0 Å². The van der Waals surface area contributed by atoms with E-state index in [1.807, 2.05) is 0 Å². The Bertz CT molecular complexity index is 665. The molecule has 0 saturated heterocycles. The molecule has 0 aliphatic carbocycles. The lowest BCUT2D eigenvalue weighted by Crippen LogP contribution is -2.49. The van der Waals surface area contributed by atoms with Crippen molar-refractivity contribution in [1.29, 1.82) is 0 Å². The summed E-state index contributed by atoms with van der Waals surface area (Å²) in [5.74, 6) is -3.80. The van der Waals surface area contributed by atoms with E-state index in [4.69, 9.17) is 5.11 Å². The number of alkyl halides is 3. The Morgan fingerprint density at radius 1 is 1.33 bits per heavy atom. The molecule has 0 aliphatic rings. The van der Waals surface area contributed by atoms with Gasteiger partial charge in [0.2, 0.25) is 0 Å². The standard InChI is InChI=1S/C12H9F3N2O3S/c1-6(9(18)19)17(10(20)12(13,14)15)11-16-7-4-2-3-5-8(7)21-11/h2-6H,1H3,(H,18,19). The largest absolute Gasteiger partial charge is 0.480 e. The lowest BCUT2D eigenvalue weighted by molar-refractivity contribution is -0.171. The molecule has 1 unspecified atom stereocenters. The molecule has 1 heterocycles. The molecule has 1 aromatic heterocycles. The molecule has 21 heavy (non-hydrogen) atoms. The molecule has 0 saturated carbocycles. The second-order valence-electron chi connectivity index (χ2n) is 4.15. The van der Waals surface area contributed by atoms with Crippen LogP contribution in [0.25, 0.3) is 10.2 Å². The van der Waals surface area contributed by atoms with Gasteiger partial charge in [0.25, 0.3) is 0 Å². The Kier molecular flexibility index (Phi) is 3.86. The molecular formula is C12H9F3N2O3S. The summed E-state index contributed by atoms with van der Waals surface area (Å²) in [6.07, 6.45) is -5.18. The highest BCUT2D eigenvalue weighted by Gasteiger charge is 2.47. The van der Waals surface area contributed by atoms with Crippen molar-refractivity contribution in [2.75, 3.05) is 4.90 Å². The molecule has 1 atom stereocenters. The van der Waals surface area contributed by atoms with Crippen molar-refractivity contribution >= 4 is 38.6 Å². The summed E-state index contributed by atoms with van der Waals surface area (Å²) in [7, 11) is 0. The minimum absolute atomic E-state index is 0.160. The number of hydrogen-bond donors (Lipinski definition) is 1. The zero-order valence-corrected chi connectivity index (χ0v) is 11.4. The van der Waals surface area contributed by atoms with Gasteiger partial charge in [-0.1, -0.05) is 23.5 Å². The SMILES string of the molecule is CC(C(=O)O)N(C(=O)C(F)(F)F)c1nc2ccccc2s1. The molecule has 1 aromatic carbocycles. The van der Waals surface area contributed by atoms with E-state index in [-0.39, 0.29) is 10.0 Å². The first-order valence-electron chi connectivity index (χ1n) is 5.70. The van der Waals surface area contributed by atoms with Gasteiger partial charge in [-0.25, -0.2) is 9.78 Å². The maximum absolute atomic E-state index is 12.7. The van der Waals surface area contributed by atoms with Crippen molar-refractivity contribution in [1.82, 2.24) is 4.98 Å². The molecule has 0 radical (unpaired) electrons. The predicted molar refractivity (Wildman–Crippen MR) is 70.3 cm³/mol. The number of aliphatic carboxylic acids is 1. The summed E-state index contributed by atoms with van der Waals surface area (Å²) in [5, 5.41) is 8.62. The number of para-hydroxylation sites is 1. The number of fused-ring (bicyclic) bond motifs is 1. The summed E-state index contributed by atoms with van der Waals surface area (Å²) >= 11 is 0.826. The monoisotopic (exact) mass is 318 g/mol. The first-order valence-corrected chi connectivity index (χ1v) is 6.52. The molecule has 5 nitrogen and oxygen atoms in total. The highest BCUT2D eigenvalue weighted by atomic mass is 32.1. The first-order chi connectivity index (χ1) is 9.71. The minimum atomic E-state index is -5.18. The van der Waals surface area contributed by atoms with E-state index >= 15 is 0 Å². The Hall–Kier alpha value is -2.16. The molecular weight excluding hydrogens is 309 g/mol. The molecule has 1 N–H and O–H groups in total. The van der Waals surface area contributed by atoms with E-state index in [0.717, 1.165) is 18.3 Å². The Labute approximate surface area is 120 Å². The molecule has 9 heteroatoms. The van der Waals surface area contributed by atoms with Crippen LogP contribution in [0.5, 0.6) is 0 Å². The molecule has 0 spiro atoms. The van der Waals surface area contributed by atoms with Gasteiger partial charge in [-0.2, -0.15) is 13.2 Å². The number of anilines is 1. The van der Waals surface area contributed by atoms with Gasteiger partial charge in [0.1, 0.15) is 6.04 Å². The van der Waals surface area contributed by atoms with E-state index in [1.165, 1.54) is 0 Å². The molecule has 0 fully saturated rings. The van der Waals surface area contributed by atoms with Crippen molar-refractivity contribution in [2.45, 2.75) is 19.1 Å². The first kappa shape index (κ1) is 15.2. The highest BCUT2D eigenvalue weighted by Crippen LogP contribution is 2.32. The summed E-state index contributed by atoms with van der Waals surface area (Å²) in [5.41, 5.74) is 0.398. The van der Waals surface area contributed by atoms with Crippen LogP contribution in [0.1, 0.15) is 6.92 Å². The number of aromatic nitrogens is 1. The molecule has 1 amide bonds. The van der Waals surface area contributed by atoms with Crippen molar-refractivity contribution in [3.8, 4) is 0 Å². The van der Waals surface area contributed by atoms with Crippen LogP contribution >= 0.6 is 11.3 Å². The van der Waals surface area contributed by atoms with Crippen LogP contribution in [0.2, 0.25) is 0 Å². The number of thiazole rings is 1. The van der Waals surface area contributed by atoms with E-state index < -0.39 is 24.1 Å². The Balaban J connectivity index is 2.53. The molecule has 0 aliphatic heterocycles. The Morgan fingerprint density at radius 2 is 1.95 bits per heavy atom. The van der Waals surface area contributed by atoms with Crippen molar-refractivity contribution in [3.63, 3.8) is 0 Å². The average Bonchev–Trinajstić information content (AvgIpc) is 2.80. The van der Waals surface area contributed by atoms with E-state index in [9.17, 15) is 22.8 Å². The fourth-order valence-corrected chi connectivity index (χ4v) is 2.68. The normalized spacial score (nSPS) is 13.1. The highest BCUT2D eigenvalue weighted by molar-refractivity contribution is 7.22. The number of rotatable bonds is 3. The number of carbonyl (C=O) groups excluding carboxylic acids is 1. The van der Waals surface area contributed by atoms with Crippen molar-refractivity contribution < 1.29 is 27.9 Å². The number of amides is 1. The zero-order chi connectivity index (χ0) is 15.8. The van der Waals surface area contributed by atoms with Crippen molar-refractivity contribution in [3.05, 3.63) is 24.3 Å². The van der Waals surface area contributed by atoms with Crippen LogP contribution < -0.4 is 4.90 Å². The molecule has 2 aromatic rings. The Morgan fingerprint density at radius 3 is 2.48 bits per heavy atom. The number of nitrogens with zero attached hydrogens (tertiary/aromatic N) is 2. The number of hydrogen-bond acceptors (Lipinski definition) is 4. The van der Waals surface area contributed by atoms with E-state index in [0.29, 0.717) is 10.2 Å². The van der Waals surface area contributed by atoms with Gasteiger partial charge in [0.05, 0.1) is 10.2 Å². The number of carbonyl (C=O) groups is 2. The topological polar surface area (TPSA) is 70.5 Å². The van der Waals surface area contributed by atoms with Crippen LogP contribution in [-0.4, -0.2) is 34.2 Å². The van der Waals surface area contributed by atoms with Gasteiger partial charge in [0, 0.05) is 0 Å². The number of carboxylic acids is 1. The summed E-state index contributed by atoms with van der Waals surface area (Å²) in [6.45, 7) is 0.998. The predicted octanol–water partition coefficient (Wildman–Crippen LogP) is 2.66. The van der Waals surface area contributed by atoms with Gasteiger partial charge in [-0.3, -0.25) is 9.69 Å². The summed E-state index contributed by atoms with van der Waals surface area (Å²) < 4.78 is 38.5. The van der Waals surface area contributed by atoms with Crippen LogP contribution in [0.3, 0.4) is 0 Å². The zero-order valence-electron chi connectivity index (χ0n) is 10.6. The summed E-state index contributed by atoms with van der Waals surface area (Å²) in [6, 6.07) is 4.82. The molecule has 112 valence electrons. The number of halogens is 3. The van der Waals surface area contributed by atoms with Crippen LogP contribution in [0, 0.1) is 0 Å². The quantitative estimate of drug-likeness (QED) is 0.944. The molecule has 2 rings (SSSR count). The fourth-order valence-electron chi connectivity index (χ4n) is 1.64. The third kappa shape index (κ3) is 2.97. The average molecular weight is 318 g/mol. The van der Waals surface area contributed by atoms with Crippen LogP contribution in [-0.2, 0) is 9.59 Å². The van der Waals surface area contributed by atoms with E-state index in [1.54, 1.807) is 24.3 Å². The minimum Gasteiger partial charge on any atom is -0.480 e. The maximum Gasteiger partial charge on any atom is 0.471 e. The van der Waals surface area contributed by atoms with Crippen LogP contribution in [0.4, 0.5) is 18.3 Å². The van der Waals surface area contributed by atoms with Gasteiger partial charge >= 0.3 is 18.1 Å². The van der Waals surface area contributed by atoms with Gasteiger partial charge in [0.15, 0.2) is 5.13 Å². The second kappa shape index (κ2) is 5.32. The fraction of sp³-hybridized carbons (Fsp3) is 0.250. The van der Waals surface area contributed by atoms with Crippen molar-refractivity contribution in [2.24, 2.45) is 0 Å².